The molecule has 1 aliphatic carbocycles. The van der Waals surface area contributed by atoms with Gasteiger partial charge in [-0.15, -0.1) is 0 Å². The van der Waals surface area contributed by atoms with E-state index in [0.29, 0.717) is 17.9 Å². The van der Waals surface area contributed by atoms with E-state index in [-0.39, 0.29) is 5.54 Å². The first kappa shape index (κ1) is 16.8. The molecule has 1 aliphatic heterocycles. The Morgan fingerprint density at radius 1 is 1.24 bits per heavy atom. The fourth-order valence-electron chi connectivity index (χ4n) is 3.72. The Hall–Kier alpha value is -0.610. The molecule has 1 saturated carbocycles. The molecule has 1 amide bonds. The standard InChI is InChI=1S/C17H33N3O/c1-14(2)13-20(15-7-5-6-8-15)16(21)17(3,4)19-11-9-18-10-12-19/h14-15,18H,5-13H2,1-4H3. The van der Waals surface area contributed by atoms with Crippen LogP contribution in [0.15, 0.2) is 0 Å². The summed E-state index contributed by atoms with van der Waals surface area (Å²) < 4.78 is 0. The first-order chi connectivity index (χ1) is 9.93. The number of piperazine rings is 1. The van der Waals surface area contributed by atoms with Gasteiger partial charge in [0.2, 0.25) is 5.91 Å². The van der Waals surface area contributed by atoms with Crippen molar-refractivity contribution in [3.05, 3.63) is 0 Å². The second kappa shape index (κ2) is 7.10. The molecule has 2 rings (SSSR count). The Bertz CT molecular complexity index is 342. The van der Waals surface area contributed by atoms with E-state index < -0.39 is 0 Å². The lowest BCUT2D eigenvalue weighted by Gasteiger charge is -2.44. The predicted octanol–water partition coefficient (Wildman–Crippen LogP) is 2.10. The Kier molecular flexibility index (Phi) is 5.67. The van der Waals surface area contributed by atoms with E-state index in [2.05, 4.69) is 42.8 Å². The van der Waals surface area contributed by atoms with E-state index in [0.717, 1.165) is 32.7 Å². The van der Waals surface area contributed by atoms with Gasteiger partial charge in [0, 0.05) is 38.8 Å². The van der Waals surface area contributed by atoms with Crippen molar-refractivity contribution in [1.82, 2.24) is 15.1 Å². The highest BCUT2D eigenvalue weighted by atomic mass is 16.2. The van der Waals surface area contributed by atoms with Gasteiger partial charge in [-0.2, -0.15) is 0 Å². The molecule has 0 aromatic rings. The molecule has 0 spiro atoms. The number of nitrogens with zero attached hydrogens (tertiary/aromatic N) is 2. The summed E-state index contributed by atoms with van der Waals surface area (Å²) in [5.41, 5.74) is -0.375. The highest BCUT2D eigenvalue weighted by molar-refractivity contribution is 5.86. The second-order valence-electron chi connectivity index (χ2n) is 7.59. The van der Waals surface area contributed by atoms with Crippen molar-refractivity contribution in [2.75, 3.05) is 32.7 Å². The first-order valence-corrected chi connectivity index (χ1v) is 8.69. The van der Waals surface area contributed by atoms with Crippen LogP contribution in [0.25, 0.3) is 0 Å². The minimum atomic E-state index is -0.375. The van der Waals surface area contributed by atoms with Crippen molar-refractivity contribution < 1.29 is 4.79 Å². The van der Waals surface area contributed by atoms with Crippen molar-refractivity contribution in [1.29, 1.82) is 0 Å². The normalized spacial score (nSPS) is 22.0. The summed E-state index contributed by atoms with van der Waals surface area (Å²) in [5, 5.41) is 3.38. The van der Waals surface area contributed by atoms with Gasteiger partial charge in [0.25, 0.3) is 0 Å². The average molecular weight is 295 g/mol. The van der Waals surface area contributed by atoms with Crippen LogP contribution in [0.2, 0.25) is 0 Å². The summed E-state index contributed by atoms with van der Waals surface area (Å²) in [7, 11) is 0. The van der Waals surface area contributed by atoms with Gasteiger partial charge in [0.15, 0.2) is 0 Å². The van der Waals surface area contributed by atoms with Crippen LogP contribution in [0.1, 0.15) is 53.4 Å². The van der Waals surface area contributed by atoms with Crippen molar-refractivity contribution in [3.63, 3.8) is 0 Å². The number of carbonyl (C=O) groups is 1. The molecule has 0 bridgehead atoms. The van der Waals surface area contributed by atoms with Gasteiger partial charge >= 0.3 is 0 Å². The van der Waals surface area contributed by atoms with E-state index >= 15 is 0 Å². The molecule has 0 aromatic carbocycles. The lowest BCUT2D eigenvalue weighted by atomic mass is 9.97. The van der Waals surface area contributed by atoms with E-state index in [1.54, 1.807) is 0 Å². The van der Waals surface area contributed by atoms with Crippen LogP contribution >= 0.6 is 0 Å². The quantitative estimate of drug-likeness (QED) is 0.844. The van der Waals surface area contributed by atoms with Crippen LogP contribution in [0.5, 0.6) is 0 Å². The van der Waals surface area contributed by atoms with Gasteiger partial charge in [0.1, 0.15) is 0 Å². The molecule has 122 valence electrons. The lowest BCUT2D eigenvalue weighted by Crippen LogP contribution is -2.62. The monoisotopic (exact) mass is 295 g/mol. The third-order valence-electron chi connectivity index (χ3n) is 5.02. The maximum absolute atomic E-state index is 13.3. The number of rotatable bonds is 5. The average Bonchev–Trinajstić information content (AvgIpc) is 2.98. The van der Waals surface area contributed by atoms with Gasteiger partial charge in [-0.05, 0) is 32.6 Å². The third kappa shape index (κ3) is 3.98. The molecule has 0 atom stereocenters. The SMILES string of the molecule is CC(C)CN(C(=O)C(C)(C)N1CCNCC1)C1CCCC1. The molecule has 0 radical (unpaired) electrons. The molecule has 1 saturated heterocycles. The summed E-state index contributed by atoms with van der Waals surface area (Å²) in [6.07, 6.45) is 4.94. The van der Waals surface area contributed by atoms with E-state index in [4.69, 9.17) is 0 Å². The maximum atomic E-state index is 13.3. The summed E-state index contributed by atoms with van der Waals surface area (Å²) in [6.45, 7) is 13.5. The fraction of sp³-hybridized carbons (Fsp3) is 0.941. The van der Waals surface area contributed by atoms with E-state index in [1.165, 1.54) is 25.7 Å². The molecule has 2 aliphatic rings. The van der Waals surface area contributed by atoms with Gasteiger partial charge in [0.05, 0.1) is 5.54 Å². The zero-order valence-corrected chi connectivity index (χ0v) is 14.3. The lowest BCUT2D eigenvalue weighted by molar-refractivity contribution is -0.146. The molecule has 4 heteroatoms. The molecule has 0 unspecified atom stereocenters. The van der Waals surface area contributed by atoms with Crippen molar-refractivity contribution >= 4 is 5.91 Å². The third-order valence-corrected chi connectivity index (χ3v) is 5.02. The van der Waals surface area contributed by atoms with E-state index in [1.807, 2.05) is 0 Å². The molecule has 2 fully saturated rings. The Morgan fingerprint density at radius 2 is 1.81 bits per heavy atom. The first-order valence-electron chi connectivity index (χ1n) is 8.69. The molecule has 1 heterocycles. The van der Waals surface area contributed by atoms with Crippen LogP contribution < -0.4 is 5.32 Å². The highest BCUT2D eigenvalue weighted by Gasteiger charge is 2.40. The highest BCUT2D eigenvalue weighted by Crippen LogP contribution is 2.28. The smallest absolute Gasteiger partial charge is 0.242 e. The van der Waals surface area contributed by atoms with Gasteiger partial charge < -0.3 is 10.2 Å². The molecular weight excluding hydrogens is 262 g/mol. The van der Waals surface area contributed by atoms with Gasteiger partial charge in [-0.3, -0.25) is 9.69 Å². The number of amides is 1. The summed E-state index contributed by atoms with van der Waals surface area (Å²) >= 11 is 0. The molecule has 1 N–H and O–H groups in total. The van der Waals surface area contributed by atoms with Crippen molar-refractivity contribution in [2.45, 2.75) is 65.0 Å². The number of nitrogens with one attached hydrogen (secondary N) is 1. The fourth-order valence-corrected chi connectivity index (χ4v) is 3.72. The summed E-state index contributed by atoms with van der Waals surface area (Å²) in [4.78, 5) is 17.8. The topological polar surface area (TPSA) is 35.6 Å². The Balaban J connectivity index is 2.11. The van der Waals surface area contributed by atoms with E-state index in [9.17, 15) is 4.79 Å². The predicted molar refractivity (Wildman–Crippen MR) is 87.3 cm³/mol. The summed E-state index contributed by atoms with van der Waals surface area (Å²) in [5.74, 6) is 0.873. The number of hydrogen-bond donors (Lipinski definition) is 1. The van der Waals surface area contributed by atoms with Crippen molar-refractivity contribution in [3.8, 4) is 0 Å². The zero-order valence-electron chi connectivity index (χ0n) is 14.3. The Morgan fingerprint density at radius 3 is 2.33 bits per heavy atom. The van der Waals surface area contributed by atoms with Gasteiger partial charge in [-0.25, -0.2) is 0 Å². The van der Waals surface area contributed by atoms with Crippen LogP contribution in [0.3, 0.4) is 0 Å². The minimum absolute atomic E-state index is 0.338. The van der Waals surface area contributed by atoms with Crippen LogP contribution in [0.4, 0.5) is 0 Å². The molecule has 21 heavy (non-hydrogen) atoms. The largest absolute Gasteiger partial charge is 0.338 e. The maximum Gasteiger partial charge on any atom is 0.242 e. The number of hydrogen-bond acceptors (Lipinski definition) is 3. The second-order valence-corrected chi connectivity index (χ2v) is 7.59. The van der Waals surface area contributed by atoms with Gasteiger partial charge in [-0.1, -0.05) is 26.7 Å². The van der Waals surface area contributed by atoms with Crippen molar-refractivity contribution in [2.24, 2.45) is 5.92 Å². The Labute approximate surface area is 130 Å². The minimum Gasteiger partial charge on any atom is -0.338 e. The molecular formula is C17H33N3O. The molecule has 4 nitrogen and oxygen atoms in total. The summed E-state index contributed by atoms with van der Waals surface area (Å²) in [6, 6.07) is 0.474. The zero-order chi connectivity index (χ0) is 15.5. The number of carbonyl (C=O) groups excluding carboxylic acids is 1. The van der Waals surface area contributed by atoms with Crippen LogP contribution in [-0.4, -0.2) is 60.0 Å². The molecule has 0 aromatic heterocycles. The van der Waals surface area contributed by atoms with Crippen LogP contribution in [0, 0.1) is 5.92 Å². The van der Waals surface area contributed by atoms with Crippen LogP contribution in [-0.2, 0) is 4.79 Å².